The van der Waals surface area contributed by atoms with Crippen LogP contribution in [0.15, 0.2) is 16.7 Å². The minimum Gasteiger partial charge on any atom is -0.395 e. The number of halogens is 1. The molecule has 1 N–H and O–H groups in total. The van der Waals surface area contributed by atoms with Gasteiger partial charge < -0.3 is 5.11 Å². The predicted octanol–water partition coefficient (Wildman–Crippen LogP) is 1.78. The van der Waals surface area contributed by atoms with E-state index in [1.807, 2.05) is 0 Å². The van der Waals surface area contributed by atoms with E-state index in [1.165, 1.54) is 12.3 Å². The van der Waals surface area contributed by atoms with E-state index in [-0.39, 0.29) is 12.3 Å². The van der Waals surface area contributed by atoms with Crippen LogP contribution in [0, 0.1) is 10.1 Å². The standard InChI is InChI=1S/C9H9BrN2O3/c10-6-3-7(12(14)15)8(11-4-6)9(5-13)1-2-9/h3-4,13H,1-2,5H2. The molecule has 1 saturated carbocycles. The summed E-state index contributed by atoms with van der Waals surface area (Å²) in [5, 5.41) is 20.0. The van der Waals surface area contributed by atoms with E-state index >= 15 is 0 Å². The summed E-state index contributed by atoms with van der Waals surface area (Å²) in [6, 6.07) is 1.43. The van der Waals surface area contributed by atoms with Crippen LogP contribution in [-0.2, 0) is 5.41 Å². The first kappa shape index (κ1) is 10.5. The lowest BCUT2D eigenvalue weighted by atomic mass is 10.0. The third-order valence-electron chi connectivity index (χ3n) is 2.69. The Kier molecular flexibility index (Phi) is 2.47. The van der Waals surface area contributed by atoms with Gasteiger partial charge in [-0.3, -0.25) is 15.1 Å². The highest BCUT2D eigenvalue weighted by Crippen LogP contribution is 2.49. The maximum absolute atomic E-state index is 10.8. The Hall–Kier alpha value is -1.01. The van der Waals surface area contributed by atoms with Crippen molar-refractivity contribution in [3.8, 4) is 0 Å². The SMILES string of the molecule is O=[N+]([O-])c1cc(Br)cnc1C1(CO)CC1. The first-order valence-corrected chi connectivity index (χ1v) is 5.30. The molecule has 0 atom stereocenters. The number of hydrogen-bond acceptors (Lipinski definition) is 4. The van der Waals surface area contributed by atoms with E-state index in [0.717, 1.165) is 12.8 Å². The number of pyridine rings is 1. The molecule has 6 heteroatoms. The molecule has 1 aliphatic rings. The fourth-order valence-corrected chi connectivity index (χ4v) is 1.92. The Morgan fingerprint density at radius 3 is 2.80 bits per heavy atom. The first-order chi connectivity index (χ1) is 7.09. The average Bonchev–Trinajstić information content (AvgIpc) is 2.98. The second-order valence-electron chi connectivity index (χ2n) is 3.72. The lowest BCUT2D eigenvalue weighted by molar-refractivity contribution is -0.386. The molecule has 80 valence electrons. The fraction of sp³-hybridized carbons (Fsp3) is 0.444. The molecule has 5 nitrogen and oxygen atoms in total. The van der Waals surface area contributed by atoms with Gasteiger partial charge in [-0.2, -0.15) is 0 Å². The van der Waals surface area contributed by atoms with E-state index < -0.39 is 10.3 Å². The maximum atomic E-state index is 10.8. The molecule has 0 radical (unpaired) electrons. The van der Waals surface area contributed by atoms with Crippen LogP contribution in [0.2, 0.25) is 0 Å². The van der Waals surface area contributed by atoms with Crippen LogP contribution in [0.3, 0.4) is 0 Å². The molecule has 1 heterocycles. The molecular formula is C9H9BrN2O3. The molecule has 0 aromatic carbocycles. The van der Waals surface area contributed by atoms with Crippen molar-refractivity contribution in [2.75, 3.05) is 6.61 Å². The Labute approximate surface area is 94.4 Å². The molecule has 0 bridgehead atoms. The van der Waals surface area contributed by atoms with Crippen molar-refractivity contribution in [3.63, 3.8) is 0 Å². The molecule has 1 aromatic heterocycles. The summed E-state index contributed by atoms with van der Waals surface area (Å²) < 4.78 is 0.576. The second-order valence-corrected chi connectivity index (χ2v) is 4.63. The zero-order chi connectivity index (χ0) is 11.1. The minimum atomic E-state index is -0.469. The van der Waals surface area contributed by atoms with Crippen molar-refractivity contribution in [3.05, 3.63) is 32.5 Å². The predicted molar refractivity (Wildman–Crippen MR) is 56.6 cm³/mol. The molecule has 15 heavy (non-hydrogen) atoms. The Balaban J connectivity index is 2.51. The number of rotatable bonds is 3. The Bertz CT molecular complexity index is 418. The van der Waals surface area contributed by atoms with Crippen molar-refractivity contribution in [2.24, 2.45) is 0 Å². The summed E-state index contributed by atoms with van der Waals surface area (Å²) >= 11 is 3.14. The third kappa shape index (κ3) is 1.74. The highest BCUT2D eigenvalue weighted by molar-refractivity contribution is 9.10. The number of nitrogens with zero attached hydrogens (tertiary/aromatic N) is 2. The molecule has 1 aromatic rings. The largest absolute Gasteiger partial charge is 0.395 e. The van der Waals surface area contributed by atoms with Crippen molar-refractivity contribution in [2.45, 2.75) is 18.3 Å². The van der Waals surface area contributed by atoms with Gasteiger partial charge in [0.15, 0.2) is 0 Å². The van der Waals surface area contributed by atoms with Crippen LogP contribution in [-0.4, -0.2) is 21.6 Å². The molecule has 0 amide bonds. The van der Waals surface area contributed by atoms with Crippen molar-refractivity contribution >= 4 is 21.6 Å². The van der Waals surface area contributed by atoms with Gasteiger partial charge in [-0.1, -0.05) is 0 Å². The topological polar surface area (TPSA) is 76.3 Å². The van der Waals surface area contributed by atoms with Gasteiger partial charge in [-0.05, 0) is 28.8 Å². The van der Waals surface area contributed by atoms with E-state index in [4.69, 9.17) is 0 Å². The van der Waals surface area contributed by atoms with E-state index in [0.29, 0.717) is 10.2 Å². The molecule has 0 unspecified atom stereocenters. The number of nitro groups is 1. The smallest absolute Gasteiger partial charge is 0.292 e. The molecule has 0 spiro atoms. The van der Waals surface area contributed by atoms with Gasteiger partial charge in [0.2, 0.25) is 0 Å². The first-order valence-electron chi connectivity index (χ1n) is 4.50. The molecule has 0 aliphatic heterocycles. The van der Waals surface area contributed by atoms with Crippen LogP contribution in [0.4, 0.5) is 5.69 Å². The molecule has 1 fully saturated rings. The van der Waals surface area contributed by atoms with Gasteiger partial charge in [-0.15, -0.1) is 0 Å². The maximum Gasteiger partial charge on any atom is 0.292 e. The average molecular weight is 273 g/mol. The van der Waals surface area contributed by atoms with E-state index in [2.05, 4.69) is 20.9 Å². The van der Waals surface area contributed by atoms with Crippen LogP contribution < -0.4 is 0 Å². The van der Waals surface area contributed by atoms with Gasteiger partial charge >= 0.3 is 0 Å². The molecular weight excluding hydrogens is 264 g/mol. The number of hydrogen-bond donors (Lipinski definition) is 1. The molecule has 2 rings (SSSR count). The summed E-state index contributed by atoms with van der Waals surface area (Å²) in [6.45, 7) is -0.0809. The fourth-order valence-electron chi connectivity index (χ4n) is 1.60. The Morgan fingerprint density at radius 2 is 2.33 bits per heavy atom. The van der Waals surface area contributed by atoms with Crippen molar-refractivity contribution in [1.29, 1.82) is 0 Å². The van der Waals surface area contributed by atoms with Crippen molar-refractivity contribution in [1.82, 2.24) is 4.98 Å². The quantitative estimate of drug-likeness (QED) is 0.672. The van der Waals surface area contributed by atoms with E-state index in [1.54, 1.807) is 0 Å². The summed E-state index contributed by atoms with van der Waals surface area (Å²) in [4.78, 5) is 14.4. The molecule has 1 aliphatic carbocycles. The van der Waals surface area contributed by atoms with Gasteiger partial charge in [-0.25, -0.2) is 0 Å². The molecule has 0 saturated heterocycles. The van der Waals surface area contributed by atoms with Gasteiger partial charge in [0.25, 0.3) is 5.69 Å². The van der Waals surface area contributed by atoms with Crippen molar-refractivity contribution < 1.29 is 10.0 Å². The zero-order valence-corrected chi connectivity index (χ0v) is 9.40. The van der Waals surface area contributed by atoms with Gasteiger partial charge in [0.1, 0.15) is 5.69 Å². The highest BCUT2D eigenvalue weighted by Gasteiger charge is 2.49. The van der Waals surface area contributed by atoms with Crippen LogP contribution >= 0.6 is 15.9 Å². The van der Waals surface area contributed by atoms with Gasteiger partial charge in [0, 0.05) is 22.2 Å². The van der Waals surface area contributed by atoms with Crippen LogP contribution in [0.25, 0.3) is 0 Å². The summed E-state index contributed by atoms with van der Waals surface area (Å²) in [6.07, 6.45) is 3.05. The normalized spacial score (nSPS) is 17.5. The van der Waals surface area contributed by atoms with Crippen LogP contribution in [0.1, 0.15) is 18.5 Å². The monoisotopic (exact) mass is 272 g/mol. The van der Waals surface area contributed by atoms with Crippen LogP contribution in [0.5, 0.6) is 0 Å². The summed E-state index contributed by atoms with van der Waals surface area (Å²) in [7, 11) is 0. The van der Waals surface area contributed by atoms with Gasteiger partial charge in [0.05, 0.1) is 11.5 Å². The summed E-state index contributed by atoms with van der Waals surface area (Å²) in [5.41, 5.74) is -0.0857. The lowest BCUT2D eigenvalue weighted by Crippen LogP contribution is -2.16. The summed E-state index contributed by atoms with van der Waals surface area (Å²) in [5.74, 6) is 0. The van der Waals surface area contributed by atoms with E-state index in [9.17, 15) is 15.2 Å². The lowest BCUT2D eigenvalue weighted by Gasteiger charge is -2.10. The highest BCUT2D eigenvalue weighted by atomic mass is 79.9. The zero-order valence-electron chi connectivity index (χ0n) is 7.81. The minimum absolute atomic E-state index is 0.0177. The third-order valence-corrected chi connectivity index (χ3v) is 3.12. The Morgan fingerprint density at radius 1 is 1.67 bits per heavy atom. The number of aromatic nitrogens is 1. The number of aliphatic hydroxyl groups is 1. The second kappa shape index (κ2) is 3.53. The number of aliphatic hydroxyl groups excluding tert-OH is 1.